The van der Waals surface area contributed by atoms with E-state index in [0.717, 1.165) is 0 Å². The zero-order valence-electron chi connectivity index (χ0n) is 7.77. The summed E-state index contributed by atoms with van der Waals surface area (Å²) in [4.78, 5) is 0. The van der Waals surface area contributed by atoms with Crippen LogP contribution < -0.4 is 0 Å². The van der Waals surface area contributed by atoms with E-state index in [1.54, 1.807) is 0 Å². The molecule has 66 valence electrons. The number of rotatable bonds is 2. The van der Waals surface area contributed by atoms with Crippen LogP contribution in [-0.2, 0) is 0 Å². The van der Waals surface area contributed by atoms with Crippen molar-refractivity contribution in [1.82, 2.24) is 4.57 Å². The van der Waals surface area contributed by atoms with Crippen LogP contribution in [0.25, 0.3) is 10.9 Å². The molecule has 2 rings (SSSR count). The Labute approximate surface area is 78.3 Å². The maximum atomic E-state index is 3.80. The highest BCUT2D eigenvalue weighted by Crippen LogP contribution is 2.19. The molecule has 1 heteroatoms. The molecule has 0 spiro atoms. The van der Waals surface area contributed by atoms with Gasteiger partial charge in [0.2, 0.25) is 0 Å². The predicted octanol–water partition coefficient (Wildman–Crippen LogP) is 3.39. The summed E-state index contributed by atoms with van der Waals surface area (Å²) in [5.74, 6) is 0. The Morgan fingerprint density at radius 1 is 1.31 bits per heavy atom. The summed E-state index contributed by atoms with van der Waals surface area (Å²) in [6.07, 6.45) is 4.06. The lowest BCUT2D eigenvalue weighted by Gasteiger charge is -2.09. The molecule has 1 nitrogen and oxygen atoms in total. The average Bonchev–Trinajstić information content (AvgIpc) is 2.60. The van der Waals surface area contributed by atoms with Gasteiger partial charge in [-0.1, -0.05) is 24.3 Å². The lowest BCUT2D eigenvalue weighted by Crippen LogP contribution is -1.98. The molecule has 0 aliphatic carbocycles. The minimum atomic E-state index is 0.361. The largest absolute Gasteiger partial charge is 0.341 e. The topological polar surface area (TPSA) is 4.93 Å². The summed E-state index contributed by atoms with van der Waals surface area (Å²) in [5.41, 5.74) is 1.27. The van der Waals surface area contributed by atoms with Crippen LogP contribution in [0.3, 0.4) is 0 Å². The fourth-order valence-electron chi connectivity index (χ4n) is 1.57. The van der Waals surface area contributed by atoms with Crippen LogP contribution in [0.5, 0.6) is 0 Å². The van der Waals surface area contributed by atoms with Crippen molar-refractivity contribution in [2.75, 3.05) is 0 Å². The zero-order valence-corrected chi connectivity index (χ0v) is 7.77. The summed E-state index contributed by atoms with van der Waals surface area (Å²) >= 11 is 0. The first kappa shape index (κ1) is 8.11. The highest BCUT2D eigenvalue weighted by Gasteiger charge is 2.02. The zero-order chi connectivity index (χ0) is 9.26. The molecule has 0 N–H and O–H groups in total. The van der Waals surface area contributed by atoms with Gasteiger partial charge in [0, 0.05) is 17.8 Å². The van der Waals surface area contributed by atoms with Crippen molar-refractivity contribution in [1.29, 1.82) is 0 Å². The standard InChI is InChI=1S/C12H13N/c1-3-10(2)13-9-8-11-6-4-5-7-12(11)13/h3-10H,1H2,2H3. The van der Waals surface area contributed by atoms with Crippen molar-refractivity contribution in [3.63, 3.8) is 0 Å². The van der Waals surface area contributed by atoms with Gasteiger partial charge in [-0.2, -0.15) is 0 Å². The Hall–Kier alpha value is -1.50. The molecule has 0 saturated carbocycles. The van der Waals surface area contributed by atoms with Gasteiger partial charge in [-0.3, -0.25) is 0 Å². The van der Waals surface area contributed by atoms with Gasteiger partial charge in [0.05, 0.1) is 0 Å². The van der Waals surface area contributed by atoms with Crippen molar-refractivity contribution in [2.45, 2.75) is 13.0 Å². The van der Waals surface area contributed by atoms with E-state index in [9.17, 15) is 0 Å². The van der Waals surface area contributed by atoms with Gasteiger partial charge < -0.3 is 4.57 Å². The van der Waals surface area contributed by atoms with Gasteiger partial charge in [-0.25, -0.2) is 0 Å². The van der Waals surface area contributed by atoms with E-state index in [2.05, 4.69) is 54.6 Å². The molecule has 0 bridgehead atoms. The monoisotopic (exact) mass is 171 g/mol. The van der Waals surface area contributed by atoms with E-state index in [4.69, 9.17) is 0 Å². The summed E-state index contributed by atoms with van der Waals surface area (Å²) in [6, 6.07) is 10.9. The molecule has 1 heterocycles. The van der Waals surface area contributed by atoms with Gasteiger partial charge in [0.1, 0.15) is 0 Å². The smallest absolute Gasteiger partial charge is 0.0485 e. The van der Waals surface area contributed by atoms with Crippen LogP contribution in [0.15, 0.2) is 49.2 Å². The third kappa shape index (κ3) is 1.26. The van der Waals surface area contributed by atoms with Gasteiger partial charge >= 0.3 is 0 Å². The van der Waals surface area contributed by atoms with Crippen LogP contribution in [-0.4, -0.2) is 4.57 Å². The number of hydrogen-bond donors (Lipinski definition) is 0. The van der Waals surface area contributed by atoms with Crippen molar-refractivity contribution >= 4 is 10.9 Å². The number of para-hydroxylation sites is 1. The molecule has 13 heavy (non-hydrogen) atoms. The Balaban J connectivity index is 2.64. The van der Waals surface area contributed by atoms with Crippen LogP contribution in [0.4, 0.5) is 0 Å². The molecule has 1 atom stereocenters. The molecule has 0 amide bonds. The first-order chi connectivity index (χ1) is 6.33. The molecule has 1 aromatic carbocycles. The summed E-state index contributed by atoms with van der Waals surface area (Å²) in [5, 5.41) is 1.29. The molecular formula is C12H13N. The summed E-state index contributed by atoms with van der Waals surface area (Å²) in [6.45, 7) is 5.94. The Morgan fingerprint density at radius 3 is 2.85 bits per heavy atom. The van der Waals surface area contributed by atoms with Gasteiger partial charge in [0.25, 0.3) is 0 Å². The Morgan fingerprint density at radius 2 is 2.08 bits per heavy atom. The van der Waals surface area contributed by atoms with Crippen LogP contribution >= 0.6 is 0 Å². The third-order valence-electron chi connectivity index (χ3n) is 2.41. The summed E-state index contributed by atoms with van der Waals surface area (Å²) in [7, 11) is 0. The van der Waals surface area contributed by atoms with Crippen molar-refractivity contribution in [3.05, 3.63) is 49.2 Å². The number of fused-ring (bicyclic) bond motifs is 1. The number of hydrogen-bond acceptors (Lipinski definition) is 0. The fraction of sp³-hybridized carbons (Fsp3) is 0.167. The highest BCUT2D eigenvalue weighted by molar-refractivity contribution is 5.80. The van der Waals surface area contributed by atoms with Gasteiger partial charge in [-0.05, 0) is 24.4 Å². The summed E-state index contributed by atoms with van der Waals surface area (Å²) < 4.78 is 2.22. The van der Waals surface area contributed by atoms with Crippen molar-refractivity contribution in [2.24, 2.45) is 0 Å². The first-order valence-electron chi connectivity index (χ1n) is 4.51. The predicted molar refractivity (Wildman–Crippen MR) is 56.8 cm³/mol. The second-order valence-corrected chi connectivity index (χ2v) is 3.26. The van der Waals surface area contributed by atoms with Crippen molar-refractivity contribution < 1.29 is 0 Å². The van der Waals surface area contributed by atoms with Crippen LogP contribution in [0, 0.1) is 0 Å². The molecule has 0 aliphatic rings. The molecular weight excluding hydrogens is 158 g/mol. The number of nitrogens with zero attached hydrogens (tertiary/aromatic N) is 1. The average molecular weight is 171 g/mol. The van der Waals surface area contributed by atoms with E-state index >= 15 is 0 Å². The quantitative estimate of drug-likeness (QED) is 0.610. The maximum absolute atomic E-state index is 3.80. The normalized spacial score (nSPS) is 13.0. The SMILES string of the molecule is C=CC(C)n1ccc2ccccc21. The fourth-order valence-corrected chi connectivity index (χ4v) is 1.57. The van der Waals surface area contributed by atoms with E-state index < -0.39 is 0 Å². The van der Waals surface area contributed by atoms with E-state index in [1.165, 1.54) is 10.9 Å². The van der Waals surface area contributed by atoms with Gasteiger partial charge in [-0.15, -0.1) is 6.58 Å². The second kappa shape index (κ2) is 3.09. The molecule has 0 aliphatic heterocycles. The molecule has 2 aromatic rings. The molecule has 1 unspecified atom stereocenters. The highest BCUT2D eigenvalue weighted by atomic mass is 15.0. The molecule has 0 saturated heterocycles. The van der Waals surface area contributed by atoms with E-state index in [1.807, 2.05) is 6.08 Å². The molecule has 0 radical (unpaired) electrons. The Bertz CT molecular complexity index is 425. The van der Waals surface area contributed by atoms with E-state index in [-0.39, 0.29) is 0 Å². The lowest BCUT2D eigenvalue weighted by atomic mass is 10.2. The molecule has 0 fully saturated rings. The minimum Gasteiger partial charge on any atom is -0.341 e. The number of aromatic nitrogens is 1. The Kier molecular flexibility index (Phi) is 1.93. The number of benzene rings is 1. The minimum absolute atomic E-state index is 0.361. The van der Waals surface area contributed by atoms with E-state index in [0.29, 0.717) is 6.04 Å². The first-order valence-corrected chi connectivity index (χ1v) is 4.51. The van der Waals surface area contributed by atoms with Crippen LogP contribution in [0.1, 0.15) is 13.0 Å². The third-order valence-corrected chi connectivity index (χ3v) is 2.41. The maximum Gasteiger partial charge on any atom is 0.0485 e. The van der Waals surface area contributed by atoms with Gasteiger partial charge in [0.15, 0.2) is 0 Å². The second-order valence-electron chi connectivity index (χ2n) is 3.26. The van der Waals surface area contributed by atoms with Crippen molar-refractivity contribution in [3.8, 4) is 0 Å². The molecule has 1 aromatic heterocycles. The number of allylic oxidation sites excluding steroid dienone is 1. The lowest BCUT2D eigenvalue weighted by molar-refractivity contribution is 0.689. The van der Waals surface area contributed by atoms with Crippen LogP contribution in [0.2, 0.25) is 0 Å².